The number of hydrogen-bond donors (Lipinski definition) is 3. The Morgan fingerprint density at radius 1 is 1.21 bits per heavy atom. The maximum absolute atomic E-state index is 12.8. The quantitative estimate of drug-likeness (QED) is 0.437. The molecule has 6 nitrogen and oxygen atoms in total. The molecule has 0 radical (unpaired) electrons. The number of fused-ring (bicyclic) bond motifs is 1. The highest BCUT2D eigenvalue weighted by Gasteiger charge is 2.16. The second-order valence-electron chi connectivity index (χ2n) is 6.72. The summed E-state index contributed by atoms with van der Waals surface area (Å²) in [6.45, 7) is 0.365. The molecule has 3 aromatic heterocycles. The van der Waals surface area contributed by atoms with Crippen molar-refractivity contribution in [2.24, 2.45) is 5.73 Å². The Morgan fingerprint density at radius 3 is 2.79 bits per heavy atom. The van der Waals surface area contributed by atoms with E-state index in [0.717, 1.165) is 32.8 Å². The third-order valence-corrected chi connectivity index (χ3v) is 5.93. The Balaban J connectivity index is 1.47. The second kappa shape index (κ2) is 8.46. The summed E-state index contributed by atoms with van der Waals surface area (Å²) in [6.07, 6.45) is 4.30. The standard InChI is InChI=1S/C22H22N4O2S/c1-28-16-4-2-14(3-5-16)12-15(13-23)26-22(27)20-7-6-19(29-20)17-8-10-24-21-18(17)9-11-25-21/h2-11,15H,12-13,23H2,1H3,(H,24,25)(H,26,27). The molecule has 0 saturated carbocycles. The fourth-order valence-electron chi connectivity index (χ4n) is 3.28. The highest BCUT2D eigenvalue weighted by molar-refractivity contribution is 7.17. The Hall–Kier alpha value is -3.16. The van der Waals surface area contributed by atoms with E-state index in [1.165, 1.54) is 11.3 Å². The number of pyridine rings is 1. The average molecular weight is 407 g/mol. The summed E-state index contributed by atoms with van der Waals surface area (Å²) in [5, 5.41) is 4.10. The topological polar surface area (TPSA) is 93.0 Å². The number of benzene rings is 1. The zero-order valence-electron chi connectivity index (χ0n) is 16.0. The molecular formula is C22H22N4O2S. The van der Waals surface area contributed by atoms with Crippen LogP contribution in [0.2, 0.25) is 0 Å². The van der Waals surface area contributed by atoms with Crippen molar-refractivity contribution >= 4 is 28.3 Å². The Labute approximate surface area is 172 Å². The molecule has 0 aliphatic carbocycles. The molecule has 4 N–H and O–H groups in total. The van der Waals surface area contributed by atoms with Crippen LogP contribution < -0.4 is 15.8 Å². The molecule has 7 heteroatoms. The zero-order chi connectivity index (χ0) is 20.2. The summed E-state index contributed by atoms with van der Waals surface area (Å²) in [5.74, 6) is 0.699. The number of thiophene rings is 1. The van der Waals surface area contributed by atoms with E-state index in [1.54, 1.807) is 13.3 Å². The number of rotatable bonds is 7. The van der Waals surface area contributed by atoms with Gasteiger partial charge in [0.15, 0.2) is 0 Å². The van der Waals surface area contributed by atoms with Crippen LogP contribution in [0.15, 0.2) is 60.9 Å². The van der Waals surface area contributed by atoms with Gasteiger partial charge in [-0.2, -0.15) is 0 Å². The molecule has 1 aromatic carbocycles. The number of amides is 1. The maximum atomic E-state index is 12.8. The molecular weight excluding hydrogens is 384 g/mol. The van der Waals surface area contributed by atoms with Crippen molar-refractivity contribution in [1.82, 2.24) is 15.3 Å². The monoisotopic (exact) mass is 406 g/mol. The maximum Gasteiger partial charge on any atom is 0.261 e. The van der Waals surface area contributed by atoms with Gasteiger partial charge in [0.2, 0.25) is 0 Å². The highest BCUT2D eigenvalue weighted by Crippen LogP contribution is 2.32. The van der Waals surface area contributed by atoms with Gasteiger partial charge in [0.1, 0.15) is 11.4 Å². The predicted molar refractivity (Wildman–Crippen MR) is 116 cm³/mol. The number of nitrogens with one attached hydrogen (secondary N) is 2. The highest BCUT2D eigenvalue weighted by atomic mass is 32.1. The number of aromatic amines is 1. The lowest BCUT2D eigenvalue weighted by Gasteiger charge is -2.16. The lowest BCUT2D eigenvalue weighted by molar-refractivity contribution is 0.0942. The van der Waals surface area contributed by atoms with E-state index in [4.69, 9.17) is 10.5 Å². The van der Waals surface area contributed by atoms with Crippen molar-refractivity contribution in [2.45, 2.75) is 12.5 Å². The molecule has 0 aliphatic heterocycles. The molecule has 0 saturated heterocycles. The van der Waals surface area contributed by atoms with Gasteiger partial charge in [-0.3, -0.25) is 4.79 Å². The van der Waals surface area contributed by atoms with Crippen molar-refractivity contribution in [3.8, 4) is 16.2 Å². The Kier molecular flexibility index (Phi) is 5.59. The number of methoxy groups -OCH3 is 1. The van der Waals surface area contributed by atoms with E-state index >= 15 is 0 Å². The number of carbonyl (C=O) groups is 1. The third kappa shape index (κ3) is 4.16. The first kappa shape index (κ1) is 19.2. The van der Waals surface area contributed by atoms with Crippen LogP contribution in [0.4, 0.5) is 0 Å². The molecule has 3 heterocycles. The summed E-state index contributed by atoms with van der Waals surface area (Å²) < 4.78 is 5.18. The van der Waals surface area contributed by atoms with E-state index in [2.05, 4.69) is 15.3 Å². The first-order chi connectivity index (χ1) is 14.2. The summed E-state index contributed by atoms with van der Waals surface area (Å²) in [5.41, 5.74) is 8.90. The van der Waals surface area contributed by atoms with Crippen molar-refractivity contribution in [3.63, 3.8) is 0 Å². The molecule has 4 rings (SSSR count). The fraction of sp³-hybridized carbons (Fsp3) is 0.182. The first-order valence-electron chi connectivity index (χ1n) is 9.34. The molecule has 4 aromatic rings. The smallest absolute Gasteiger partial charge is 0.261 e. The largest absolute Gasteiger partial charge is 0.497 e. The molecule has 29 heavy (non-hydrogen) atoms. The van der Waals surface area contributed by atoms with Crippen molar-refractivity contribution < 1.29 is 9.53 Å². The number of H-pyrrole nitrogens is 1. The van der Waals surface area contributed by atoms with Crippen LogP contribution in [-0.4, -0.2) is 35.6 Å². The average Bonchev–Trinajstić information content (AvgIpc) is 3.43. The van der Waals surface area contributed by atoms with Crippen LogP contribution in [0, 0.1) is 0 Å². The predicted octanol–water partition coefficient (Wildman–Crippen LogP) is 3.60. The lowest BCUT2D eigenvalue weighted by Crippen LogP contribution is -2.41. The van der Waals surface area contributed by atoms with Gasteiger partial charge in [-0.15, -0.1) is 11.3 Å². The summed E-state index contributed by atoms with van der Waals surface area (Å²) in [7, 11) is 1.64. The van der Waals surface area contributed by atoms with Gasteiger partial charge in [-0.1, -0.05) is 12.1 Å². The molecule has 1 unspecified atom stereocenters. The molecule has 0 bridgehead atoms. The Morgan fingerprint density at radius 2 is 2.03 bits per heavy atom. The van der Waals surface area contributed by atoms with Gasteiger partial charge >= 0.3 is 0 Å². The van der Waals surface area contributed by atoms with E-state index in [9.17, 15) is 4.79 Å². The lowest BCUT2D eigenvalue weighted by atomic mass is 10.1. The van der Waals surface area contributed by atoms with Gasteiger partial charge < -0.3 is 20.8 Å². The Bertz CT molecular complexity index is 1120. The normalized spacial score (nSPS) is 12.1. The molecule has 1 atom stereocenters. The van der Waals surface area contributed by atoms with E-state index < -0.39 is 0 Å². The SMILES string of the molecule is COc1ccc(CC(CN)NC(=O)c2ccc(-c3ccnc4[nH]ccc34)s2)cc1. The second-order valence-corrected chi connectivity index (χ2v) is 7.80. The van der Waals surface area contributed by atoms with E-state index in [0.29, 0.717) is 17.8 Å². The molecule has 1 amide bonds. The van der Waals surface area contributed by atoms with Crippen LogP contribution in [-0.2, 0) is 6.42 Å². The summed E-state index contributed by atoms with van der Waals surface area (Å²) in [6, 6.07) is 15.5. The van der Waals surface area contributed by atoms with Crippen molar-refractivity contribution in [1.29, 1.82) is 0 Å². The molecule has 148 valence electrons. The van der Waals surface area contributed by atoms with Crippen LogP contribution in [0.1, 0.15) is 15.2 Å². The number of aromatic nitrogens is 2. The van der Waals surface area contributed by atoms with Gasteiger partial charge in [0.25, 0.3) is 5.91 Å². The number of ether oxygens (including phenoxy) is 1. The van der Waals surface area contributed by atoms with Crippen molar-refractivity contribution in [2.75, 3.05) is 13.7 Å². The van der Waals surface area contributed by atoms with Crippen LogP contribution in [0.5, 0.6) is 5.75 Å². The van der Waals surface area contributed by atoms with Crippen molar-refractivity contribution in [3.05, 3.63) is 71.4 Å². The van der Waals surface area contributed by atoms with Gasteiger partial charge in [-0.05, 0) is 48.4 Å². The first-order valence-corrected chi connectivity index (χ1v) is 10.2. The van der Waals surface area contributed by atoms with Crippen LogP contribution in [0.25, 0.3) is 21.5 Å². The number of carbonyl (C=O) groups excluding carboxylic acids is 1. The third-order valence-electron chi connectivity index (χ3n) is 4.82. The minimum atomic E-state index is -0.140. The minimum absolute atomic E-state index is 0.107. The molecule has 0 spiro atoms. The van der Waals surface area contributed by atoms with E-state index in [-0.39, 0.29) is 11.9 Å². The van der Waals surface area contributed by atoms with Gasteiger partial charge in [-0.25, -0.2) is 4.98 Å². The summed E-state index contributed by atoms with van der Waals surface area (Å²) >= 11 is 1.46. The minimum Gasteiger partial charge on any atom is -0.497 e. The van der Waals surface area contributed by atoms with E-state index in [1.807, 2.05) is 54.7 Å². The van der Waals surface area contributed by atoms with Gasteiger partial charge in [0.05, 0.1) is 12.0 Å². The zero-order valence-corrected chi connectivity index (χ0v) is 16.8. The number of nitrogens with zero attached hydrogens (tertiary/aromatic N) is 1. The summed E-state index contributed by atoms with van der Waals surface area (Å²) in [4.78, 5) is 21.9. The van der Waals surface area contributed by atoms with Crippen LogP contribution in [0.3, 0.4) is 0 Å². The number of hydrogen-bond acceptors (Lipinski definition) is 5. The molecule has 0 fully saturated rings. The van der Waals surface area contributed by atoms with Gasteiger partial charge in [0, 0.05) is 40.8 Å². The number of nitrogens with two attached hydrogens (primary N) is 1. The molecule has 0 aliphatic rings. The van der Waals surface area contributed by atoms with Crippen LogP contribution >= 0.6 is 11.3 Å². The fourth-order valence-corrected chi connectivity index (χ4v) is 4.23.